The van der Waals surface area contributed by atoms with E-state index in [0.717, 1.165) is 53.2 Å². The van der Waals surface area contributed by atoms with Gasteiger partial charge in [0.2, 0.25) is 0 Å². The van der Waals surface area contributed by atoms with Crippen molar-refractivity contribution in [2.75, 3.05) is 5.73 Å². The Bertz CT molecular complexity index is 1670. The van der Waals surface area contributed by atoms with E-state index in [0.29, 0.717) is 23.6 Å². The number of hydrogen-bond acceptors (Lipinski definition) is 6. The predicted molar refractivity (Wildman–Crippen MR) is 148 cm³/mol. The number of anilines is 1. The van der Waals surface area contributed by atoms with Crippen molar-refractivity contribution < 1.29 is 14.3 Å². The molecule has 9 nitrogen and oxygen atoms in total. The van der Waals surface area contributed by atoms with Crippen LogP contribution in [0.5, 0.6) is 0 Å². The molecule has 1 fully saturated rings. The molecule has 2 aromatic carbocycles. The molecule has 1 aliphatic carbocycles. The van der Waals surface area contributed by atoms with E-state index < -0.39 is 12.0 Å². The molecule has 200 valence electrons. The molecule has 1 atom stereocenters. The Morgan fingerprint density at radius 3 is 2.72 bits per heavy atom. The largest absolute Gasteiger partial charge is 0.480 e. The summed E-state index contributed by atoms with van der Waals surface area (Å²) in [7, 11) is 0. The number of carboxylic acids is 1. The summed E-state index contributed by atoms with van der Waals surface area (Å²) in [4.78, 5) is 20.0. The third-order valence-corrected chi connectivity index (χ3v) is 7.76. The van der Waals surface area contributed by atoms with Crippen LogP contribution in [0.1, 0.15) is 44.2 Å². The van der Waals surface area contributed by atoms with E-state index in [-0.39, 0.29) is 17.9 Å². The summed E-state index contributed by atoms with van der Waals surface area (Å²) < 4.78 is 18.2. The molecule has 39 heavy (non-hydrogen) atoms. The first-order valence-corrected chi connectivity index (χ1v) is 13.2. The van der Waals surface area contributed by atoms with Crippen molar-refractivity contribution in [3.05, 3.63) is 72.4 Å². The summed E-state index contributed by atoms with van der Waals surface area (Å²) in [6.45, 7) is 2.11. The highest BCUT2D eigenvalue weighted by Crippen LogP contribution is 2.37. The zero-order valence-corrected chi connectivity index (χ0v) is 21.6. The van der Waals surface area contributed by atoms with Crippen molar-refractivity contribution >= 4 is 33.7 Å². The highest BCUT2D eigenvalue weighted by Gasteiger charge is 2.28. The summed E-state index contributed by atoms with van der Waals surface area (Å²) in [5.74, 6) is -0.680. The zero-order chi connectivity index (χ0) is 27.1. The van der Waals surface area contributed by atoms with E-state index in [1.807, 2.05) is 39.7 Å². The first-order chi connectivity index (χ1) is 18.9. The van der Waals surface area contributed by atoms with Gasteiger partial charge in [0.15, 0.2) is 5.65 Å². The van der Waals surface area contributed by atoms with Gasteiger partial charge in [-0.25, -0.2) is 19.0 Å². The first kappa shape index (κ1) is 25.0. The number of carboxylic acid groups (broad SMARTS) is 1. The van der Waals surface area contributed by atoms with Crippen LogP contribution in [0.25, 0.3) is 33.2 Å². The number of aromatic nitrogens is 5. The average Bonchev–Trinajstić information content (AvgIpc) is 3.52. The Balaban J connectivity index is 1.31. The summed E-state index contributed by atoms with van der Waals surface area (Å²) in [5.41, 5.74) is 10.3. The predicted octanol–water partition coefficient (Wildman–Crippen LogP) is 4.76. The maximum Gasteiger partial charge on any atom is 0.320 e. The molecule has 0 amide bonds. The molecule has 0 radical (unpaired) electrons. The molecule has 1 saturated carbocycles. The second-order valence-corrected chi connectivity index (χ2v) is 10.3. The van der Waals surface area contributed by atoms with Crippen LogP contribution in [0.4, 0.5) is 10.2 Å². The minimum atomic E-state index is -0.841. The number of hydrogen-bond donors (Lipinski definition) is 3. The number of carbonyl (C=O) groups is 1. The molecule has 6 rings (SSSR count). The summed E-state index contributed by atoms with van der Waals surface area (Å²) in [5, 5.41) is 19.2. The monoisotopic (exact) mass is 527 g/mol. The van der Waals surface area contributed by atoms with Crippen LogP contribution in [0, 0.1) is 5.82 Å². The van der Waals surface area contributed by atoms with E-state index in [9.17, 15) is 14.3 Å². The number of aliphatic carboxylic acids is 1. The zero-order valence-electron chi connectivity index (χ0n) is 21.6. The number of fused-ring (bicyclic) bond motifs is 2. The fourth-order valence-corrected chi connectivity index (χ4v) is 5.66. The topological polar surface area (TPSA) is 124 Å². The molecular formula is C29H30FN7O2. The number of nitrogens with two attached hydrogens (primary N) is 1. The number of nitrogens with one attached hydrogen (secondary N) is 1. The van der Waals surface area contributed by atoms with Gasteiger partial charge in [-0.05, 0) is 56.9 Å². The minimum absolute atomic E-state index is 0.124. The van der Waals surface area contributed by atoms with Crippen LogP contribution in [-0.4, -0.2) is 47.5 Å². The van der Waals surface area contributed by atoms with Gasteiger partial charge in [0.25, 0.3) is 0 Å². The maximum atomic E-state index is 14.2. The SMILES string of the molecule is C[C@@H](N[C@H]1CC[C@H](n2nc(-c3ccc4c(ccn4Cc4ccccc4F)c3)c3c(N)ncnc32)CC1)C(=O)O. The van der Waals surface area contributed by atoms with Gasteiger partial charge in [0.1, 0.15) is 29.7 Å². The number of halogens is 1. The summed E-state index contributed by atoms with van der Waals surface area (Å²) in [6.07, 6.45) is 6.83. The molecular weight excluding hydrogens is 497 g/mol. The van der Waals surface area contributed by atoms with Crippen molar-refractivity contribution in [1.82, 2.24) is 29.6 Å². The van der Waals surface area contributed by atoms with Gasteiger partial charge in [-0.2, -0.15) is 5.10 Å². The number of benzene rings is 2. The Labute approximate surface area is 224 Å². The maximum absolute atomic E-state index is 14.2. The molecule has 4 N–H and O–H groups in total. The van der Waals surface area contributed by atoms with Crippen LogP contribution >= 0.6 is 0 Å². The number of rotatable bonds is 7. The lowest BCUT2D eigenvalue weighted by molar-refractivity contribution is -0.139. The van der Waals surface area contributed by atoms with Gasteiger partial charge >= 0.3 is 5.97 Å². The summed E-state index contributed by atoms with van der Waals surface area (Å²) in [6, 6.07) is 14.6. The third kappa shape index (κ3) is 4.72. The highest BCUT2D eigenvalue weighted by atomic mass is 19.1. The second kappa shape index (κ2) is 10.1. The molecule has 5 aromatic rings. The van der Waals surface area contributed by atoms with E-state index >= 15 is 0 Å². The van der Waals surface area contributed by atoms with Gasteiger partial charge in [0.05, 0.1) is 18.0 Å². The Morgan fingerprint density at radius 1 is 1.15 bits per heavy atom. The smallest absolute Gasteiger partial charge is 0.320 e. The average molecular weight is 528 g/mol. The fourth-order valence-electron chi connectivity index (χ4n) is 5.66. The van der Waals surface area contributed by atoms with Crippen molar-refractivity contribution in [2.24, 2.45) is 0 Å². The molecule has 0 spiro atoms. The molecule has 3 aromatic heterocycles. The van der Waals surface area contributed by atoms with Crippen LogP contribution in [0.15, 0.2) is 61.1 Å². The molecule has 0 unspecified atom stereocenters. The van der Waals surface area contributed by atoms with Crippen LogP contribution in [-0.2, 0) is 11.3 Å². The normalized spacial score (nSPS) is 18.5. The number of nitrogen functional groups attached to an aromatic ring is 1. The van der Waals surface area contributed by atoms with Crippen molar-refractivity contribution in [2.45, 2.75) is 57.3 Å². The second-order valence-electron chi connectivity index (χ2n) is 10.3. The van der Waals surface area contributed by atoms with Crippen molar-refractivity contribution in [1.29, 1.82) is 0 Å². The van der Waals surface area contributed by atoms with Gasteiger partial charge in [-0.15, -0.1) is 0 Å². The lowest BCUT2D eigenvalue weighted by Gasteiger charge is -2.30. The number of nitrogens with zero attached hydrogens (tertiary/aromatic N) is 5. The molecule has 0 aliphatic heterocycles. The molecule has 1 aliphatic rings. The Kier molecular flexibility index (Phi) is 6.48. The van der Waals surface area contributed by atoms with E-state index in [2.05, 4.69) is 21.4 Å². The lowest BCUT2D eigenvalue weighted by atomic mass is 9.91. The first-order valence-electron chi connectivity index (χ1n) is 13.2. The van der Waals surface area contributed by atoms with Crippen LogP contribution in [0.2, 0.25) is 0 Å². The van der Waals surface area contributed by atoms with Crippen LogP contribution in [0.3, 0.4) is 0 Å². The third-order valence-electron chi connectivity index (χ3n) is 7.76. The molecule has 0 bridgehead atoms. The quantitative estimate of drug-likeness (QED) is 0.279. The Morgan fingerprint density at radius 2 is 1.95 bits per heavy atom. The summed E-state index contributed by atoms with van der Waals surface area (Å²) >= 11 is 0. The van der Waals surface area contributed by atoms with Crippen LogP contribution < -0.4 is 11.1 Å². The lowest BCUT2D eigenvalue weighted by Crippen LogP contribution is -2.43. The highest BCUT2D eigenvalue weighted by molar-refractivity contribution is 6.00. The van der Waals surface area contributed by atoms with Crippen molar-refractivity contribution in [3.63, 3.8) is 0 Å². The minimum Gasteiger partial charge on any atom is -0.480 e. The molecule has 0 saturated heterocycles. The van der Waals surface area contributed by atoms with E-state index in [1.165, 1.54) is 12.4 Å². The fraction of sp³-hybridized carbons (Fsp3) is 0.310. The molecule has 10 heteroatoms. The van der Waals surface area contributed by atoms with Gasteiger partial charge in [0, 0.05) is 34.3 Å². The van der Waals surface area contributed by atoms with Gasteiger partial charge < -0.3 is 20.7 Å². The van der Waals surface area contributed by atoms with Gasteiger partial charge in [-0.3, -0.25) is 4.79 Å². The van der Waals surface area contributed by atoms with Gasteiger partial charge in [-0.1, -0.05) is 24.3 Å². The van der Waals surface area contributed by atoms with Crippen molar-refractivity contribution in [3.8, 4) is 11.3 Å². The standard InChI is InChI=1S/C29H30FN7O2/c1-17(29(38)39)34-21-7-9-22(10-8-21)37-28-25(27(31)32-16-33-28)26(35-37)19-6-11-24-18(14-19)12-13-36(24)15-20-4-2-3-5-23(20)30/h2-6,11-14,16-17,21-22,34H,7-10,15H2,1H3,(H,38,39)(H2,31,32,33)/t17-,21-,22-/m1/s1. The van der Waals surface area contributed by atoms with E-state index in [4.69, 9.17) is 10.8 Å². The molecule has 3 heterocycles. The Hall–Kier alpha value is -4.31. The van der Waals surface area contributed by atoms with E-state index in [1.54, 1.807) is 19.1 Å².